The molecule has 0 bridgehead atoms. The van der Waals surface area contributed by atoms with E-state index in [1.54, 1.807) is 4.90 Å². The lowest BCUT2D eigenvalue weighted by Crippen LogP contribution is -2.40. The summed E-state index contributed by atoms with van der Waals surface area (Å²) in [6.45, 7) is 7.26. The van der Waals surface area contributed by atoms with Gasteiger partial charge in [0.2, 0.25) is 0 Å². The van der Waals surface area contributed by atoms with E-state index in [1.807, 2.05) is 32.0 Å². The molecule has 0 saturated heterocycles. The molecule has 0 atom stereocenters. The summed E-state index contributed by atoms with van der Waals surface area (Å²) in [5.74, 6) is -0.993. The number of nitrogens with one attached hydrogen (secondary N) is 1. The van der Waals surface area contributed by atoms with Crippen LogP contribution in [0.5, 0.6) is 0 Å². The average Bonchev–Trinajstić information content (AvgIpc) is 2.45. The predicted molar refractivity (Wildman–Crippen MR) is 94.3 cm³/mol. The molecule has 2 amide bonds. The highest BCUT2D eigenvalue weighted by Gasteiger charge is 2.21. The van der Waals surface area contributed by atoms with Crippen LogP contribution in [0.15, 0.2) is 18.2 Å². The fraction of sp³-hybridized carbons (Fsp3) is 0.500. The summed E-state index contributed by atoms with van der Waals surface area (Å²) >= 11 is 2.22. The Kier molecular flexibility index (Phi) is 7.71. The molecular formula is C16H23IN2O2. The summed E-state index contributed by atoms with van der Waals surface area (Å²) in [5, 5.41) is 2.72. The zero-order chi connectivity index (χ0) is 15.8. The lowest BCUT2D eigenvalue weighted by atomic mass is 10.2. The van der Waals surface area contributed by atoms with Crippen molar-refractivity contribution in [1.29, 1.82) is 0 Å². The minimum absolute atomic E-state index is 0.441. The number of benzene rings is 1. The van der Waals surface area contributed by atoms with Crippen LogP contribution in [0, 0.1) is 10.5 Å². The second-order valence-corrected chi connectivity index (χ2v) is 6.30. The van der Waals surface area contributed by atoms with Gasteiger partial charge in [-0.05, 0) is 66.1 Å². The monoisotopic (exact) mass is 402 g/mol. The van der Waals surface area contributed by atoms with Gasteiger partial charge >= 0.3 is 11.8 Å². The van der Waals surface area contributed by atoms with Gasteiger partial charge in [-0.15, -0.1) is 0 Å². The molecule has 1 N–H and O–H groups in total. The number of unbranched alkanes of at least 4 members (excludes halogenated alkanes) is 1. The highest BCUT2D eigenvalue weighted by Crippen LogP contribution is 2.17. The Balaban J connectivity index is 2.73. The van der Waals surface area contributed by atoms with Crippen LogP contribution in [0.3, 0.4) is 0 Å². The quantitative estimate of drug-likeness (QED) is 0.584. The molecule has 0 aliphatic rings. The van der Waals surface area contributed by atoms with Crippen LogP contribution in [0.1, 0.15) is 38.7 Å². The summed E-state index contributed by atoms with van der Waals surface area (Å²) < 4.78 is 1.10. The van der Waals surface area contributed by atoms with E-state index in [4.69, 9.17) is 0 Å². The highest BCUT2D eigenvalue weighted by atomic mass is 127. The number of hydrogen-bond acceptors (Lipinski definition) is 2. The van der Waals surface area contributed by atoms with E-state index in [-0.39, 0.29) is 0 Å². The molecule has 0 aliphatic carbocycles. The van der Waals surface area contributed by atoms with Crippen LogP contribution in [-0.4, -0.2) is 29.8 Å². The molecule has 4 nitrogen and oxygen atoms in total. The van der Waals surface area contributed by atoms with Crippen LogP contribution < -0.4 is 5.32 Å². The minimum atomic E-state index is -0.552. The second-order valence-electron chi connectivity index (χ2n) is 5.06. The molecule has 1 aromatic rings. The molecule has 0 aromatic heterocycles. The van der Waals surface area contributed by atoms with Crippen LogP contribution in [0.4, 0.5) is 5.69 Å². The molecule has 1 aromatic carbocycles. The van der Waals surface area contributed by atoms with E-state index >= 15 is 0 Å². The Hall–Kier alpha value is -1.11. The van der Waals surface area contributed by atoms with Gasteiger partial charge < -0.3 is 10.2 Å². The van der Waals surface area contributed by atoms with Gasteiger partial charge in [0.25, 0.3) is 0 Å². The molecule has 21 heavy (non-hydrogen) atoms. The molecule has 0 unspecified atom stereocenters. The van der Waals surface area contributed by atoms with Crippen molar-refractivity contribution in [1.82, 2.24) is 4.90 Å². The number of rotatable bonds is 6. The number of carbonyl (C=O) groups is 2. The maximum atomic E-state index is 12.2. The van der Waals surface area contributed by atoms with Gasteiger partial charge in [0.05, 0.1) is 0 Å². The molecule has 0 aliphatic heterocycles. The first-order chi connectivity index (χ1) is 9.99. The molecular weight excluding hydrogens is 379 g/mol. The van der Waals surface area contributed by atoms with E-state index < -0.39 is 11.8 Å². The Bertz CT molecular complexity index is 503. The summed E-state index contributed by atoms with van der Waals surface area (Å²) in [6, 6.07) is 5.72. The number of carbonyl (C=O) groups excluding carboxylic acids is 2. The fourth-order valence-electron chi connectivity index (χ4n) is 2.02. The first-order valence-corrected chi connectivity index (χ1v) is 8.43. The van der Waals surface area contributed by atoms with Crippen molar-refractivity contribution in [2.24, 2.45) is 0 Å². The van der Waals surface area contributed by atoms with E-state index in [0.717, 1.165) is 28.4 Å². The van der Waals surface area contributed by atoms with Crippen molar-refractivity contribution < 1.29 is 9.59 Å². The lowest BCUT2D eigenvalue weighted by molar-refractivity contribution is -0.143. The van der Waals surface area contributed by atoms with E-state index in [2.05, 4.69) is 34.8 Å². The zero-order valence-electron chi connectivity index (χ0n) is 12.9. The molecule has 0 heterocycles. The number of anilines is 1. The van der Waals surface area contributed by atoms with E-state index in [0.29, 0.717) is 18.8 Å². The van der Waals surface area contributed by atoms with Crippen molar-refractivity contribution >= 4 is 40.1 Å². The standard InChI is InChI=1S/C16H23IN2O2/c1-4-6-10-19(9-5-2)16(21)15(20)18-14-8-7-13(17)11-12(14)3/h7-8,11H,4-6,9-10H2,1-3H3,(H,18,20). The lowest BCUT2D eigenvalue weighted by Gasteiger charge is -2.21. The normalized spacial score (nSPS) is 10.3. The molecule has 0 fully saturated rings. The van der Waals surface area contributed by atoms with Crippen molar-refractivity contribution in [2.45, 2.75) is 40.0 Å². The fourth-order valence-corrected chi connectivity index (χ4v) is 2.67. The topological polar surface area (TPSA) is 49.4 Å². The molecule has 0 spiro atoms. The van der Waals surface area contributed by atoms with E-state index in [9.17, 15) is 9.59 Å². The van der Waals surface area contributed by atoms with Crippen LogP contribution in [0.2, 0.25) is 0 Å². The second kappa shape index (κ2) is 9.02. The maximum absolute atomic E-state index is 12.2. The molecule has 1 rings (SSSR count). The third-order valence-corrected chi connectivity index (χ3v) is 3.86. The number of aryl methyl sites for hydroxylation is 1. The van der Waals surface area contributed by atoms with Crippen LogP contribution in [-0.2, 0) is 9.59 Å². The molecule has 0 radical (unpaired) electrons. The van der Waals surface area contributed by atoms with Gasteiger partial charge in [-0.1, -0.05) is 20.3 Å². The Morgan fingerprint density at radius 2 is 1.90 bits per heavy atom. The van der Waals surface area contributed by atoms with Crippen molar-refractivity contribution in [3.8, 4) is 0 Å². The number of halogens is 1. The highest BCUT2D eigenvalue weighted by molar-refractivity contribution is 14.1. The summed E-state index contributed by atoms with van der Waals surface area (Å²) in [5.41, 5.74) is 1.65. The number of amides is 2. The first kappa shape index (κ1) is 17.9. The summed E-state index contributed by atoms with van der Waals surface area (Å²) in [4.78, 5) is 26.0. The number of nitrogens with zero attached hydrogens (tertiary/aromatic N) is 1. The average molecular weight is 402 g/mol. The first-order valence-electron chi connectivity index (χ1n) is 7.36. The van der Waals surface area contributed by atoms with Crippen LogP contribution in [0.25, 0.3) is 0 Å². The van der Waals surface area contributed by atoms with Crippen molar-refractivity contribution in [2.75, 3.05) is 18.4 Å². The molecule has 116 valence electrons. The smallest absolute Gasteiger partial charge is 0.313 e. The SMILES string of the molecule is CCCCN(CCC)C(=O)C(=O)Nc1ccc(I)cc1C. The van der Waals surface area contributed by atoms with Gasteiger partial charge in [-0.25, -0.2) is 0 Å². The Morgan fingerprint density at radius 3 is 2.48 bits per heavy atom. The van der Waals surface area contributed by atoms with Gasteiger partial charge in [0.15, 0.2) is 0 Å². The van der Waals surface area contributed by atoms with Gasteiger partial charge in [0.1, 0.15) is 0 Å². The Labute approximate surface area is 140 Å². The molecule has 0 saturated carbocycles. The largest absolute Gasteiger partial charge is 0.334 e. The maximum Gasteiger partial charge on any atom is 0.313 e. The van der Waals surface area contributed by atoms with Crippen molar-refractivity contribution in [3.63, 3.8) is 0 Å². The Morgan fingerprint density at radius 1 is 1.19 bits per heavy atom. The van der Waals surface area contributed by atoms with Gasteiger partial charge in [-0.2, -0.15) is 0 Å². The summed E-state index contributed by atoms with van der Waals surface area (Å²) in [6.07, 6.45) is 2.78. The zero-order valence-corrected chi connectivity index (χ0v) is 15.1. The number of hydrogen-bond donors (Lipinski definition) is 1. The van der Waals surface area contributed by atoms with Gasteiger partial charge in [-0.3, -0.25) is 9.59 Å². The molecule has 5 heteroatoms. The van der Waals surface area contributed by atoms with Crippen molar-refractivity contribution in [3.05, 3.63) is 27.3 Å². The third-order valence-electron chi connectivity index (χ3n) is 3.19. The summed E-state index contributed by atoms with van der Waals surface area (Å²) in [7, 11) is 0. The minimum Gasteiger partial charge on any atom is -0.334 e. The van der Waals surface area contributed by atoms with Crippen LogP contribution >= 0.6 is 22.6 Å². The third kappa shape index (κ3) is 5.65. The predicted octanol–water partition coefficient (Wildman–Crippen LogP) is 3.58. The van der Waals surface area contributed by atoms with Gasteiger partial charge in [0, 0.05) is 22.3 Å². The van der Waals surface area contributed by atoms with E-state index in [1.165, 1.54) is 0 Å².